The second-order valence-corrected chi connectivity index (χ2v) is 4.78. The number of hydrogen-bond acceptors (Lipinski definition) is 1. The Hall–Kier alpha value is -0.530. The fourth-order valence-corrected chi connectivity index (χ4v) is 1.90. The molecule has 2 heteroatoms. The van der Waals surface area contributed by atoms with E-state index in [0.29, 0.717) is 5.92 Å². The Balaban J connectivity index is 2.70. The third kappa shape index (κ3) is 4.23. The molecular weight excluding hydrogens is 206 g/mol. The number of halogens is 1. The van der Waals surface area contributed by atoms with Gasteiger partial charge in [0, 0.05) is 5.02 Å². The van der Waals surface area contributed by atoms with Gasteiger partial charge >= 0.3 is 0 Å². The molecule has 0 bridgehead atoms. The smallest absolute Gasteiger partial charge is 0.0440 e. The van der Waals surface area contributed by atoms with Gasteiger partial charge in [-0.05, 0) is 49.5 Å². The molecule has 0 atom stereocenters. The summed E-state index contributed by atoms with van der Waals surface area (Å²) in [4.78, 5) is 0. The van der Waals surface area contributed by atoms with Gasteiger partial charge in [-0.15, -0.1) is 0 Å². The Bertz CT molecular complexity index is 307. The molecular formula is C13H20ClN. The van der Waals surface area contributed by atoms with Gasteiger partial charge in [-0.2, -0.15) is 0 Å². The van der Waals surface area contributed by atoms with E-state index in [1.165, 1.54) is 11.1 Å². The molecule has 0 aromatic heterocycles. The van der Waals surface area contributed by atoms with Crippen LogP contribution in [0.3, 0.4) is 0 Å². The first-order valence-electron chi connectivity index (χ1n) is 5.55. The highest BCUT2D eigenvalue weighted by atomic mass is 35.5. The summed E-state index contributed by atoms with van der Waals surface area (Å²) in [5.41, 5.74) is 2.57. The van der Waals surface area contributed by atoms with Crippen molar-refractivity contribution in [2.24, 2.45) is 5.92 Å². The molecule has 15 heavy (non-hydrogen) atoms. The quantitative estimate of drug-likeness (QED) is 0.811. The van der Waals surface area contributed by atoms with E-state index in [2.05, 4.69) is 37.4 Å². The molecule has 84 valence electrons. The van der Waals surface area contributed by atoms with Crippen LogP contribution in [-0.4, -0.2) is 13.6 Å². The van der Waals surface area contributed by atoms with Crippen molar-refractivity contribution in [3.05, 3.63) is 34.3 Å². The summed E-state index contributed by atoms with van der Waals surface area (Å²) in [7, 11) is 1.97. The lowest BCUT2D eigenvalue weighted by Crippen LogP contribution is -2.10. The Morgan fingerprint density at radius 3 is 2.60 bits per heavy atom. The maximum Gasteiger partial charge on any atom is 0.0440 e. The Kier molecular flexibility index (Phi) is 5.13. The van der Waals surface area contributed by atoms with E-state index in [-0.39, 0.29) is 0 Å². The zero-order valence-electron chi connectivity index (χ0n) is 9.81. The molecule has 0 unspecified atom stereocenters. The predicted octanol–water partition coefficient (Wildman–Crippen LogP) is 3.30. The minimum absolute atomic E-state index is 0.658. The molecule has 0 saturated heterocycles. The maximum atomic E-state index is 6.23. The molecule has 0 spiro atoms. The molecule has 0 aliphatic carbocycles. The first-order valence-corrected chi connectivity index (χ1v) is 5.93. The summed E-state index contributed by atoms with van der Waals surface area (Å²) in [5.74, 6) is 0.658. The maximum absolute atomic E-state index is 6.23. The van der Waals surface area contributed by atoms with Gasteiger partial charge in [-0.3, -0.25) is 0 Å². The van der Waals surface area contributed by atoms with Crippen LogP contribution >= 0.6 is 11.6 Å². The molecule has 1 nitrogen and oxygen atoms in total. The van der Waals surface area contributed by atoms with Crippen LogP contribution in [-0.2, 0) is 12.8 Å². The van der Waals surface area contributed by atoms with E-state index in [4.69, 9.17) is 11.6 Å². The molecule has 0 saturated carbocycles. The van der Waals surface area contributed by atoms with Crippen molar-refractivity contribution in [3.8, 4) is 0 Å². The number of benzene rings is 1. The molecule has 0 aliphatic heterocycles. The number of nitrogens with one attached hydrogen (secondary N) is 1. The number of likely N-dealkylation sites (N-methyl/N-ethyl adjacent to an activating group) is 1. The summed E-state index contributed by atoms with van der Waals surface area (Å²) in [6.45, 7) is 5.43. The van der Waals surface area contributed by atoms with Crippen LogP contribution in [0.1, 0.15) is 25.0 Å². The Morgan fingerprint density at radius 2 is 2.07 bits per heavy atom. The Labute approximate surface area is 97.8 Å². The second-order valence-electron chi connectivity index (χ2n) is 4.38. The summed E-state index contributed by atoms with van der Waals surface area (Å²) in [6.07, 6.45) is 2.10. The fourth-order valence-electron chi connectivity index (χ4n) is 1.62. The molecule has 0 aliphatic rings. The first-order chi connectivity index (χ1) is 7.13. The van der Waals surface area contributed by atoms with E-state index in [1.807, 2.05) is 7.05 Å². The van der Waals surface area contributed by atoms with E-state index >= 15 is 0 Å². The van der Waals surface area contributed by atoms with Crippen LogP contribution in [0.4, 0.5) is 0 Å². The van der Waals surface area contributed by atoms with Crippen molar-refractivity contribution < 1.29 is 0 Å². The SMILES string of the molecule is CNCCc1ccc(CC(C)C)c(Cl)c1. The van der Waals surface area contributed by atoms with Gasteiger partial charge in [0.25, 0.3) is 0 Å². The lowest BCUT2D eigenvalue weighted by atomic mass is 10.0. The predicted molar refractivity (Wildman–Crippen MR) is 67.6 cm³/mol. The highest BCUT2D eigenvalue weighted by molar-refractivity contribution is 6.31. The van der Waals surface area contributed by atoms with Crippen LogP contribution < -0.4 is 5.32 Å². The van der Waals surface area contributed by atoms with Gasteiger partial charge in [-0.1, -0.05) is 37.6 Å². The van der Waals surface area contributed by atoms with E-state index in [9.17, 15) is 0 Å². The van der Waals surface area contributed by atoms with Gasteiger partial charge in [0.1, 0.15) is 0 Å². The van der Waals surface area contributed by atoms with Crippen molar-refractivity contribution in [1.29, 1.82) is 0 Å². The fraction of sp³-hybridized carbons (Fsp3) is 0.538. The topological polar surface area (TPSA) is 12.0 Å². The van der Waals surface area contributed by atoms with Gasteiger partial charge in [-0.25, -0.2) is 0 Å². The average Bonchev–Trinajstić information content (AvgIpc) is 2.18. The molecule has 1 rings (SSSR count). The zero-order valence-corrected chi connectivity index (χ0v) is 10.6. The van der Waals surface area contributed by atoms with E-state index in [1.54, 1.807) is 0 Å². The second kappa shape index (κ2) is 6.14. The summed E-state index contributed by atoms with van der Waals surface area (Å²) >= 11 is 6.23. The third-order valence-electron chi connectivity index (χ3n) is 2.41. The highest BCUT2D eigenvalue weighted by Crippen LogP contribution is 2.21. The standard InChI is InChI=1S/C13H20ClN/c1-10(2)8-12-5-4-11(6-7-15-3)9-13(12)14/h4-5,9-10,15H,6-8H2,1-3H3. The molecule has 1 N–H and O–H groups in total. The molecule has 0 fully saturated rings. The molecule has 0 heterocycles. The lowest BCUT2D eigenvalue weighted by Gasteiger charge is -2.09. The monoisotopic (exact) mass is 225 g/mol. The van der Waals surface area contributed by atoms with Gasteiger partial charge in [0.15, 0.2) is 0 Å². The third-order valence-corrected chi connectivity index (χ3v) is 2.76. The minimum atomic E-state index is 0.658. The lowest BCUT2D eigenvalue weighted by molar-refractivity contribution is 0.647. The van der Waals surface area contributed by atoms with Crippen LogP contribution in [0.15, 0.2) is 18.2 Å². The first kappa shape index (κ1) is 12.5. The van der Waals surface area contributed by atoms with Crippen molar-refractivity contribution in [1.82, 2.24) is 5.32 Å². The summed E-state index contributed by atoms with van der Waals surface area (Å²) in [6, 6.07) is 6.44. The van der Waals surface area contributed by atoms with Gasteiger partial charge in [0.2, 0.25) is 0 Å². The molecule has 0 amide bonds. The molecule has 0 radical (unpaired) electrons. The largest absolute Gasteiger partial charge is 0.319 e. The summed E-state index contributed by atoms with van der Waals surface area (Å²) < 4.78 is 0. The van der Waals surface area contributed by atoms with Crippen molar-refractivity contribution in [3.63, 3.8) is 0 Å². The zero-order chi connectivity index (χ0) is 11.3. The van der Waals surface area contributed by atoms with Crippen LogP contribution in [0.2, 0.25) is 5.02 Å². The van der Waals surface area contributed by atoms with E-state index < -0.39 is 0 Å². The van der Waals surface area contributed by atoms with Crippen LogP contribution in [0.5, 0.6) is 0 Å². The molecule has 1 aromatic rings. The average molecular weight is 226 g/mol. The van der Waals surface area contributed by atoms with Crippen LogP contribution in [0, 0.1) is 5.92 Å². The van der Waals surface area contributed by atoms with Crippen molar-refractivity contribution >= 4 is 11.6 Å². The normalized spacial score (nSPS) is 11.0. The van der Waals surface area contributed by atoms with Crippen molar-refractivity contribution in [2.75, 3.05) is 13.6 Å². The minimum Gasteiger partial charge on any atom is -0.319 e. The number of hydrogen-bond donors (Lipinski definition) is 1. The van der Waals surface area contributed by atoms with E-state index in [0.717, 1.165) is 24.4 Å². The number of rotatable bonds is 5. The highest BCUT2D eigenvalue weighted by Gasteiger charge is 2.04. The van der Waals surface area contributed by atoms with Gasteiger partial charge in [0.05, 0.1) is 0 Å². The van der Waals surface area contributed by atoms with Gasteiger partial charge < -0.3 is 5.32 Å². The van der Waals surface area contributed by atoms with Crippen molar-refractivity contribution in [2.45, 2.75) is 26.7 Å². The van der Waals surface area contributed by atoms with Crippen LogP contribution in [0.25, 0.3) is 0 Å². The summed E-state index contributed by atoms with van der Waals surface area (Å²) in [5, 5.41) is 4.05. The molecule has 1 aromatic carbocycles. The Morgan fingerprint density at radius 1 is 1.33 bits per heavy atom.